The Morgan fingerprint density at radius 2 is 2.29 bits per heavy atom. The standard InChI is InChI=1S/C11H22N2S/c1-10-9-13(6-7-14-10)11-4-2-3-5-12-8-11/h10-12H,2-9H2,1H3. The minimum atomic E-state index is 0.820. The minimum Gasteiger partial charge on any atom is -0.315 e. The molecular formula is C11H22N2S. The number of hydrogen-bond donors (Lipinski definition) is 1. The lowest BCUT2D eigenvalue weighted by Crippen LogP contribution is -2.47. The summed E-state index contributed by atoms with van der Waals surface area (Å²) in [4.78, 5) is 2.71. The van der Waals surface area contributed by atoms with Crippen molar-refractivity contribution in [2.24, 2.45) is 0 Å². The van der Waals surface area contributed by atoms with Crippen LogP contribution >= 0.6 is 11.8 Å². The van der Waals surface area contributed by atoms with Crippen molar-refractivity contribution in [3.63, 3.8) is 0 Å². The number of hydrogen-bond acceptors (Lipinski definition) is 3. The van der Waals surface area contributed by atoms with Crippen LogP contribution in [-0.2, 0) is 0 Å². The summed E-state index contributed by atoms with van der Waals surface area (Å²) in [6.45, 7) is 7.42. The molecule has 2 aliphatic heterocycles. The van der Waals surface area contributed by atoms with Gasteiger partial charge in [0.2, 0.25) is 0 Å². The van der Waals surface area contributed by atoms with Gasteiger partial charge in [-0.05, 0) is 19.4 Å². The fourth-order valence-corrected chi connectivity index (χ4v) is 3.53. The van der Waals surface area contributed by atoms with Crippen LogP contribution in [0.4, 0.5) is 0 Å². The molecule has 82 valence electrons. The third-order valence-corrected chi connectivity index (χ3v) is 4.45. The lowest BCUT2D eigenvalue weighted by molar-refractivity contribution is 0.195. The van der Waals surface area contributed by atoms with Crippen LogP contribution in [0.15, 0.2) is 0 Å². The fourth-order valence-electron chi connectivity index (χ4n) is 2.49. The lowest BCUT2D eigenvalue weighted by Gasteiger charge is -2.36. The summed E-state index contributed by atoms with van der Waals surface area (Å²) in [5.74, 6) is 1.33. The van der Waals surface area contributed by atoms with Crippen molar-refractivity contribution in [2.45, 2.75) is 37.5 Å². The molecule has 0 radical (unpaired) electrons. The van der Waals surface area contributed by atoms with Gasteiger partial charge in [0.15, 0.2) is 0 Å². The van der Waals surface area contributed by atoms with E-state index in [1.54, 1.807) is 0 Å². The maximum atomic E-state index is 3.56. The topological polar surface area (TPSA) is 15.3 Å². The molecule has 0 aromatic rings. The van der Waals surface area contributed by atoms with Crippen LogP contribution in [0.25, 0.3) is 0 Å². The van der Waals surface area contributed by atoms with Gasteiger partial charge in [-0.2, -0.15) is 11.8 Å². The smallest absolute Gasteiger partial charge is 0.0221 e. The average molecular weight is 214 g/mol. The molecule has 0 bridgehead atoms. The van der Waals surface area contributed by atoms with Gasteiger partial charge >= 0.3 is 0 Å². The molecule has 0 spiro atoms. The van der Waals surface area contributed by atoms with Crippen molar-refractivity contribution < 1.29 is 0 Å². The van der Waals surface area contributed by atoms with Gasteiger partial charge in [-0.15, -0.1) is 0 Å². The maximum absolute atomic E-state index is 3.56. The first kappa shape index (κ1) is 10.8. The molecule has 0 aliphatic carbocycles. The number of nitrogens with one attached hydrogen (secondary N) is 1. The summed E-state index contributed by atoms with van der Waals surface area (Å²) >= 11 is 2.13. The first-order chi connectivity index (χ1) is 6.86. The highest BCUT2D eigenvalue weighted by Crippen LogP contribution is 2.21. The summed E-state index contributed by atoms with van der Waals surface area (Å²) in [6, 6.07) is 0.820. The average Bonchev–Trinajstić information content (AvgIpc) is 2.45. The van der Waals surface area contributed by atoms with Crippen molar-refractivity contribution in [1.82, 2.24) is 10.2 Å². The second-order valence-electron chi connectivity index (χ2n) is 4.53. The van der Waals surface area contributed by atoms with E-state index in [2.05, 4.69) is 28.9 Å². The normalized spacial score (nSPS) is 36.6. The zero-order chi connectivity index (χ0) is 9.80. The second kappa shape index (κ2) is 5.38. The SMILES string of the molecule is CC1CN(C2CCCCNC2)CCS1. The third-order valence-electron chi connectivity index (χ3n) is 3.31. The van der Waals surface area contributed by atoms with Crippen LogP contribution in [0.3, 0.4) is 0 Å². The molecular weight excluding hydrogens is 192 g/mol. The maximum Gasteiger partial charge on any atom is 0.0221 e. The van der Waals surface area contributed by atoms with E-state index in [0.717, 1.165) is 11.3 Å². The van der Waals surface area contributed by atoms with E-state index in [1.807, 2.05) is 0 Å². The molecule has 2 unspecified atom stereocenters. The summed E-state index contributed by atoms with van der Waals surface area (Å²) in [7, 11) is 0. The summed E-state index contributed by atoms with van der Waals surface area (Å²) < 4.78 is 0. The van der Waals surface area contributed by atoms with Crippen LogP contribution in [-0.4, -0.2) is 48.1 Å². The van der Waals surface area contributed by atoms with Gasteiger partial charge < -0.3 is 5.32 Å². The van der Waals surface area contributed by atoms with Gasteiger partial charge in [0.05, 0.1) is 0 Å². The van der Waals surface area contributed by atoms with Crippen LogP contribution in [0.2, 0.25) is 0 Å². The first-order valence-corrected chi connectivity index (χ1v) is 6.97. The molecule has 2 aliphatic rings. The monoisotopic (exact) mass is 214 g/mol. The number of nitrogens with zero attached hydrogens (tertiary/aromatic N) is 1. The van der Waals surface area contributed by atoms with Crippen molar-refractivity contribution in [2.75, 3.05) is 31.9 Å². The minimum absolute atomic E-state index is 0.820. The van der Waals surface area contributed by atoms with E-state index < -0.39 is 0 Å². The van der Waals surface area contributed by atoms with E-state index in [1.165, 1.54) is 51.2 Å². The van der Waals surface area contributed by atoms with Gasteiger partial charge in [0.1, 0.15) is 0 Å². The van der Waals surface area contributed by atoms with Crippen LogP contribution in [0.5, 0.6) is 0 Å². The highest BCUT2D eigenvalue weighted by Gasteiger charge is 2.24. The Morgan fingerprint density at radius 1 is 1.36 bits per heavy atom. The molecule has 3 heteroatoms. The third kappa shape index (κ3) is 2.88. The number of thioether (sulfide) groups is 1. The molecule has 0 saturated carbocycles. The van der Waals surface area contributed by atoms with Gasteiger partial charge in [-0.3, -0.25) is 4.90 Å². The van der Waals surface area contributed by atoms with E-state index in [-0.39, 0.29) is 0 Å². The van der Waals surface area contributed by atoms with Crippen LogP contribution in [0, 0.1) is 0 Å². The molecule has 2 nitrogen and oxygen atoms in total. The highest BCUT2D eigenvalue weighted by molar-refractivity contribution is 7.99. The van der Waals surface area contributed by atoms with E-state index in [0.29, 0.717) is 0 Å². The molecule has 14 heavy (non-hydrogen) atoms. The van der Waals surface area contributed by atoms with Crippen LogP contribution < -0.4 is 5.32 Å². The number of rotatable bonds is 1. The first-order valence-electron chi connectivity index (χ1n) is 5.92. The zero-order valence-electron chi connectivity index (χ0n) is 9.17. The van der Waals surface area contributed by atoms with Gasteiger partial charge in [0.25, 0.3) is 0 Å². The Hall–Kier alpha value is 0.270. The van der Waals surface area contributed by atoms with Crippen LogP contribution in [0.1, 0.15) is 26.2 Å². The largest absolute Gasteiger partial charge is 0.315 e. The van der Waals surface area contributed by atoms with Crippen molar-refractivity contribution in [3.05, 3.63) is 0 Å². The summed E-state index contributed by atoms with van der Waals surface area (Å²) in [5.41, 5.74) is 0. The van der Waals surface area contributed by atoms with E-state index in [4.69, 9.17) is 0 Å². The molecule has 2 fully saturated rings. The fraction of sp³-hybridized carbons (Fsp3) is 1.00. The predicted octanol–water partition coefficient (Wildman–Crippen LogP) is 1.57. The van der Waals surface area contributed by atoms with Gasteiger partial charge in [-0.25, -0.2) is 0 Å². The Balaban J connectivity index is 1.85. The Bertz CT molecular complexity index is 167. The van der Waals surface area contributed by atoms with Gasteiger partial charge in [0, 0.05) is 36.7 Å². The lowest BCUT2D eigenvalue weighted by atomic mass is 10.1. The molecule has 2 saturated heterocycles. The van der Waals surface area contributed by atoms with Crippen molar-refractivity contribution in [3.8, 4) is 0 Å². The quantitative estimate of drug-likeness (QED) is 0.713. The second-order valence-corrected chi connectivity index (χ2v) is 6.08. The highest BCUT2D eigenvalue weighted by atomic mass is 32.2. The molecule has 2 heterocycles. The summed E-state index contributed by atoms with van der Waals surface area (Å²) in [5, 5.41) is 4.40. The molecule has 1 N–H and O–H groups in total. The Labute approximate surface area is 91.8 Å². The Morgan fingerprint density at radius 3 is 3.14 bits per heavy atom. The molecule has 2 atom stereocenters. The molecule has 0 amide bonds. The Kier molecular flexibility index (Phi) is 4.14. The molecule has 0 aromatic carbocycles. The molecule has 0 aromatic heterocycles. The van der Waals surface area contributed by atoms with Crippen molar-refractivity contribution >= 4 is 11.8 Å². The van der Waals surface area contributed by atoms with E-state index in [9.17, 15) is 0 Å². The zero-order valence-corrected chi connectivity index (χ0v) is 9.98. The van der Waals surface area contributed by atoms with Crippen molar-refractivity contribution in [1.29, 1.82) is 0 Å². The van der Waals surface area contributed by atoms with Gasteiger partial charge in [-0.1, -0.05) is 13.3 Å². The summed E-state index contributed by atoms with van der Waals surface area (Å²) in [6.07, 6.45) is 4.19. The van der Waals surface area contributed by atoms with E-state index >= 15 is 0 Å². The predicted molar refractivity (Wildman–Crippen MR) is 64.0 cm³/mol. The molecule has 2 rings (SSSR count).